The fraction of sp³-hybridized carbons (Fsp3) is 0.278. The Bertz CT molecular complexity index is 813. The normalized spacial score (nSPS) is 19.2. The molecule has 0 spiro atoms. The minimum Gasteiger partial charge on any atom is -0.379 e. The van der Waals surface area contributed by atoms with Gasteiger partial charge in [0.1, 0.15) is 5.69 Å². The molecule has 3 N–H and O–H groups in total. The SMILES string of the molecule is CSc1ccc(C(=O)Nc2cccc([C@]3(C)CCSC(N)=N3)c2)nc1.Cl. The van der Waals surface area contributed by atoms with Crippen LogP contribution in [0.15, 0.2) is 52.5 Å². The highest BCUT2D eigenvalue weighted by molar-refractivity contribution is 8.13. The van der Waals surface area contributed by atoms with Crippen LogP contribution in [0.25, 0.3) is 0 Å². The number of pyridine rings is 1. The molecule has 0 radical (unpaired) electrons. The number of carbonyl (C=O) groups excluding carboxylic acids is 1. The smallest absolute Gasteiger partial charge is 0.274 e. The Hall–Kier alpha value is -1.70. The van der Waals surface area contributed by atoms with Crippen LogP contribution in [0.2, 0.25) is 0 Å². The molecule has 1 aromatic heterocycles. The van der Waals surface area contributed by atoms with Gasteiger partial charge in [-0.25, -0.2) is 4.98 Å². The van der Waals surface area contributed by atoms with Gasteiger partial charge in [0.2, 0.25) is 0 Å². The molecule has 0 saturated heterocycles. The highest BCUT2D eigenvalue weighted by Gasteiger charge is 2.29. The van der Waals surface area contributed by atoms with E-state index in [0.29, 0.717) is 10.9 Å². The van der Waals surface area contributed by atoms with Crippen molar-refractivity contribution in [3.05, 3.63) is 53.9 Å². The number of nitrogens with two attached hydrogens (primary N) is 1. The maximum Gasteiger partial charge on any atom is 0.274 e. The van der Waals surface area contributed by atoms with Crippen LogP contribution < -0.4 is 11.1 Å². The number of halogens is 1. The lowest BCUT2D eigenvalue weighted by molar-refractivity contribution is 0.102. The molecule has 0 saturated carbocycles. The monoisotopic (exact) mass is 408 g/mol. The van der Waals surface area contributed by atoms with Gasteiger partial charge in [-0.1, -0.05) is 23.9 Å². The number of hydrogen-bond acceptors (Lipinski definition) is 6. The van der Waals surface area contributed by atoms with Crippen LogP contribution in [-0.4, -0.2) is 28.1 Å². The van der Waals surface area contributed by atoms with Gasteiger partial charge in [-0.2, -0.15) is 0 Å². The van der Waals surface area contributed by atoms with Gasteiger partial charge in [0.15, 0.2) is 5.17 Å². The highest BCUT2D eigenvalue weighted by Crippen LogP contribution is 2.35. The number of thioether (sulfide) groups is 2. The van der Waals surface area contributed by atoms with E-state index >= 15 is 0 Å². The second kappa shape index (κ2) is 8.79. The molecule has 1 aliphatic heterocycles. The zero-order valence-corrected chi connectivity index (χ0v) is 17.0. The summed E-state index contributed by atoms with van der Waals surface area (Å²) in [5.74, 6) is 0.714. The third kappa shape index (κ3) is 4.72. The summed E-state index contributed by atoms with van der Waals surface area (Å²) in [5, 5.41) is 3.52. The average molecular weight is 409 g/mol. The Balaban J connectivity index is 0.00000243. The summed E-state index contributed by atoms with van der Waals surface area (Å²) >= 11 is 3.17. The Morgan fingerprint density at radius 3 is 2.81 bits per heavy atom. The minimum absolute atomic E-state index is 0. The Labute approximate surface area is 168 Å². The van der Waals surface area contributed by atoms with Gasteiger partial charge in [0, 0.05) is 22.5 Å². The molecule has 26 heavy (non-hydrogen) atoms. The molecule has 0 fully saturated rings. The van der Waals surface area contributed by atoms with Gasteiger partial charge in [0.05, 0.1) is 5.54 Å². The first-order valence-electron chi connectivity index (χ1n) is 7.90. The zero-order valence-electron chi connectivity index (χ0n) is 14.6. The summed E-state index contributed by atoms with van der Waals surface area (Å²) in [4.78, 5) is 22.2. The molecule has 2 heterocycles. The number of benzene rings is 1. The van der Waals surface area contributed by atoms with Crippen molar-refractivity contribution in [1.82, 2.24) is 4.98 Å². The maximum absolute atomic E-state index is 12.4. The van der Waals surface area contributed by atoms with Crippen molar-refractivity contribution in [1.29, 1.82) is 0 Å². The molecule has 2 aromatic rings. The van der Waals surface area contributed by atoms with Crippen LogP contribution in [0.1, 0.15) is 29.4 Å². The first-order chi connectivity index (χ1) is 12.0. The van der Waals surface area contributed by atoms with Gasteiger partial charge in [-0.3, -0.25) is 9.79 Å². The maximum atomic E-state index is 12.4. The number of aliphatic imine (C=N–C) groups is 1. The number of nitrogens with zero attached hydrogens (tertiary/aromatic N) is 2. The fourth-order valence-electron chi connectivity index (χ4n) is 2.66. The van der Waals surface area contributed by atoms with E-state index in [1.54, 1.807) is 35.8 Å². The molecule has 138 valence electrons. The van der Waals surface area contributed by atoms with Gasteiger partial charge < -0.3 is 11.1 Å². The number of nitrogens with one attached hydrogen (secondary N) is 1. The molecule has 0 unspecified atom stereocenters. The first kappa shape index (κ1) is 20.6. The van der Waals surface area contributed by atoms with Crippen molar-refractivity contribution in [2.45, 2.75) is 23.8 Å². The predicted octanol–water partition coefficient (Wildman–Crippen LogP) is 4.14. The first-order valence-corrected chi connectivity index (χ1v) is 10.1. The van der Waals surface area contributed by atoms with Crippen LogP contribution >= 0.6 is 35.9 Å². The number of amides is 1. The second-order valence-corrected chi connectivity index (χ2v) is 7.94. The molecule has 3 rings (SSSR count). The van der Waals surface area contributed by atoms with E-state index in [-0.39, 0.29) is 23.9 Å². The van der Waals surface area contributed by atoms with Crippen molar-refractivity contribution in [2.24, 2.45) is 10.7 Å². The van der Waals surface area contributed by atoms with Crippen LogP contribution in [-0.2, 0) is 5.54 Å². The van der Waals surface area contributed by atoms with Gasteiger partial charge >= 0.3 is 0 Å². The van der Waals surface area contributed by atoms with Crippen molar-refractivity contribution in [3.8, 4) is 0 Å². The van der Waals surface area contributed by atoms with E-state index in [2.05, 4.69) is 22.2 Å². The summed E-state index contributed by atoms with van der Waals surface area (Å²) < 4.78 is 0. The van der Waals surface area contributed by atoms with Crippen molar-refractivity contribution in [2.75, 3.05) is 17.3 Å². The Kier molecular flexibility index (Phi) is 6.97. The number of carbonyl (C=O) groups is 1. The van der Waals surface area contributed by atoms with E-state index in [1.807, 2.05) is 36.6 Å². The molecule has 1 amide bonds. The van der Waals surface area contributed by atoms with E-state index < -0.39 is 0 Å². The molecule has 5 nitrogen and oxygen atoms in total. The summed E-state index contributed by atoms with van der Waals surface area (Å²) in [5.41, 5.74) is 7.71. The second-order valence-electron chi connectivity index (χ2n) is 5.94. The van der Waals surface area contributed by atoms with Gasteiger partial charge in [-0.15, -0.1) is 24.2 Å². The topological polar surface area (TPSA) is 80.4 Å². The Morgan fingerprint density at radius 2 is 2.15 bits per heavy atom. The van der Waals surface area contributed by atoms with Crippen molar-refractivity contribution in [3.63, 3.8) is 0 Å². The molecule has 1 aromatic carbocycles. The van der Waals surface area contributed by atoms with Crippen LogP contribution in [0.3, 0.4) is 0 Å². The number of aromatic nitrogens is 1. The van der Waals surface area contributed by atoms with Crippen molar-refractivity contribution < 1.29 is 4.79 Å². The Morgan fingerprint density at radius 1 is 1.35 bits per heavy atom. The quantitative estimate of drug-likeness (QED) is 0.743. The third-order valence-electron chi connectivity index (χ3n) is 4.14. The van der Waals surface area contributed by atoms with E-state index in [9.17, 15) is 4.79 Å². The van der Waals surface area contributed by atoms with Crippen LogP contribution in [0, 0.1) is 0 Å². The molecule has 0 bridgehead atoms. The van der Waals surface area contributed by atoms with Crippen LogP contribution in [0.4, 0.5) is 5.69 Å². The summed E-state index contributed by atoms with van der Waals surface area (Å²) in [6, 6.07) is 11.4. The zero-order chi connectivity index (χ0) is 17.9. The molecular formula is C18H21ClN4OS2. The van der Waals surface area contributed by atoms with Crippen LogP contribution in [0.5, 0.6) is 0 Å². The third-order valence-corrected chi connectivity index (χ3v) is 5.65. The lowest BCUT2D eigenvalue weighted by Crippen LogP contribution is -2.28. The molecule has 1 atom stereocenters. The summed E-state index contributed by atoms with van der Waals surface area (Å²) in [7, 11) is 0. The number of hydrogen-bond donors (Lipinski definition) is 2. The average Bonchev–Trinajstić information content (AvgIpc) is 2.62. The summed E-state index contributed by atoms with van der Waals surface area (Å²) in [6.07, 6.45) is 4.59. The van der Waals surface area contributed by atoms with Gasteiger partial charge in [-0.05, 0) is 49.4 Å². The lowest BCUT2D eigenvalue weighted by atomic mass is 9.89. The standard InChI is InChI=1S/C18H20N4OS2.ClH/c1-18(8-9-25-17(19)22-18)12-4-3-5-13(10-12)21-16(23)15-7-6-14(24-2)11-20-15;/h3-7,10-11H,8-9H2,1-2H3,(H2,19,22)(H,21,23);1H/t18-;/m0./s1. The lowest BCUT2D eigenvalue weighted by Gasteiger charge is -2.30. The molecular weight excluding hydrogens is 388 g/mol. The van der Waals surface area contributed by atoms with Crippen molar-refractivity contribution >= 4 is 52.7 Å². The van der Waals surface area contributed by atoms with E-state index in [1.165, 1.54) is 0 Å². The molecule has 0 aliphatic carbocycles. The number of rotatable bonds is 4. The fourth-order valence-corrected chi connectivity index (χ4v) is 3.99. The minimum atomic E-state index is -0.353. The predicted molar refractivity (Wildman–Crippen MR) is 114 cm³/mol. The molecule has 8 heteroatoms. The number of amidine groups is 1. The van der Waals surface area contributed by atoms with E-state index in [4.69, 9.17) is 5.73 Å². The summed E-state index contributed by atoms with van der Waals surface area (Å²) in [6.45, 7) is 2.07. The largest absolute Gasteiger partial charge is 0.379 e. The highest BCUT2D eigenvalue weighted by atomic mass is 35.5. The van der Waals surface area contributed by atoms with E-state index in [0.717, 1.165) is 28.3 Å². The number of anilines is 1. The molecule has 1 aliphatic rings. The van der Waals surface area contributed by atoms with Gasteiger partial charge in [0.25, 0.3) is 5.91 Å².